The lowest BCUT2D eigenvalue weighted by molar-refractivity contribution is -0.135. The lowest BCUT2D eigenvalue weighted by Crippen LogP contribution is -2.37. The average Bonchev–Trinajstić information content (AvgIpc) is 3.00. The van der Waals surface area contributed by atoms with Crippen molar-refractivity contribution < 1.29 is 9.53 Å². The van der Waals surface area contributed by atoms with Gasteiger partial charge in [-0.25, -0.2) is 0 Å². The van der Waals surface area contributed by atoms with Crippen LogP contribution < -0.4 is 0 Å². The maximum atomic E-state index is 12.6. The SMILES string of the molecule is C[C@H](C(=O)N(C)C[C@@H]1OCCc2ccccc21)n1cc(Cl)cn1. The van der Waals surface area contributed by atoms with Gasteiger partial charge in [-0.3, -0.25) is 9.48 Å². The zero-order valence-corrected chi connectivity index (χ0v) is 14.0. The minimum absolute atomic E-state index is 0.0172. The zero-order chi connectivity index (χ0) is 16.4. The number of hydrogen-bond acceptors (Lipinski definition) is 3. The van der Waals surface area contributed by atoms with Crippen LogP contribution in [0.2, 0.25) is 5.02 Å². The van der Waals surface area contributed by atoms with E-state index in [1.807, 2.05) is 19.1 Å². The number of amides is 1. The molecule has 0 fully saturated rings. The highest BCUT2D eigenvalue weighted by atomic mass is 35.5. The van der Waals surface area contributed by atoms with Crippen molar-refractivity contribution in [2.24, 2.45) is 0 Å². The van der Waals surface area contributed by atoms with Gasteiger partial charge in [0.25, 0.3) is 0 Å². The van der Waals surface area contributed by atoms with Crippen LogP contribution in [-0.2, 0) is 16.0 Å². The van der Waals surface area contributed by atoms with Crippen LogP contribution in [0.25, 0.3) is 0 Å². The fourth-order valence-corrected chi connectivity index (χ4v) is 3.07. The molecule has 1 aliphatic heterocycles. The maximum absolute atomic E-state index is 12.6. The van der Waals surface area contributed by atoms with Crippen LogP contribution in [0.15, 0.2) is 36.7 Å². The predicted molar refractivity (Wildman–Crippen MR) is 88.4 cm³/mol. The van der Waals surface area contributed by atoms with Crippen LogP contribution in [-0.4, -0.2) is 40.8 Å². The number of nitrogens with zero attached hydrogens (tertiary/aromatic N) is 3. The molecule has 0 saturated heterocycles. The minimum atomic E-state index is -0.397. The first-order valence-corrected chi connectivity index (χ1v) is 8.08. The van der Waals surface area contributed by atoms with E-state index in [0.29, 0.717) is 18.2 Å². The summed E-state index contributed by atoms with van der Waals surface area (Å²) >= 11 is 5.87. The summed E-state index contributed by atoms with van der Waals surface area (Å²) in [5, 5.41) is 4.63. The van der Waals surface area contributed by atoms with Crippen LogP contribution in [0.1, 0.15) is 30.2 Å². The Bertz CT molecular complexity index is 701. The Labute approximate surface area is 140 Å². The van der Waals surface area contributed by atoms with Gasteiger partial charge in [0.1, 0.15) is 12.1 Å². The Morgan fingerprint density at radius 3 is 3.04 bits per heavy atom. The number of halogens is 1. The number of ether oxygens (including phenoxy) is 1. The lowest BCUT2D eigenvalue weighted by Gasteiger charge is -2.30. The highest BCUT2D eigenvalue weighted by Gasteiger charge is 2.26. The molecule has 1 aliphatic rings. The molecule has 0 saturated carbocycles. The zero-order valence-electron chi connectivity index (χ0n) is 13.3. The maximum Gasteiger partial charge on any atom is 0.246 e. The third-order valence-corrected chi connectivity index (χ3v) is 4.43. The van der Waals surface area contributed by atoms with Crippen molar-refractivity contribution >= 4 is 17.5 Å². The van der Waals surface area contributed by atoms with E-state index in [4.69, 9.17) is 16.3 Å². The topological polar surface area (TPSA) is 47.4 Å². The van der Waals surface area contributed by atoms with Gasteiger partial charge < -0.3 is 9.64 Å². The van der Waals surface area contributed by atoms with Gasteiger partial charge in [0.15, 0.2) is 0 Å². The largest absolute Gasteiger partial charge is 0.371 e. The Hall–Kier alpha value is -1.85. The fraction of sp³-hybridized carbons (Fsp3) is 0.412. The summed E-state index contributed by atoms with van der Waals surface area (Å²) in [6.45, 7) is 3.03. The first-order chi connectivity index (χ1) is 11.1. The van der Waals surface area contributed by atoms with E-state index in [1.165, 1.54) is 17.3 Å². The second-order valence-corrected chi connectivity index (χ2v) is 6.28. The van der Waals surface area contributed by atoms with Crippen LogP contribution >= 0.6 is 11.6 Å². The number of fused-ring (bicyclic) bond motifs is 1. The van der Waals surface area contributed by atoms with Crippen LogP contribution in [0.4, 0.5) is 0 Å². The van der Waals surface area contributed by atoms with E-state index in [2.05, 4.69) is 17.2 Å². The number of likely N-dealkylation sites (N-methyl/N-ethyl adjacent to an activating group) is 1. The quantitative estimate of drug-likeness (QED) is 0.864. The number of aromatic nitrogens is 2. The van der Waals surface area contributed by atoms with E-state index < -0.39 is 6.04 Å². The molecule has 3 rings (SSSR count). The smallest absolute Gasteiger partial charge is 0.246 e. The molecule has 0 unspecified atom stereocenters. The molecular weight excluding hydrogens is 314 g/mol. The number of hydrogen-bond donors (Lipinski definition) is 0. The van der Waals surface area contributed by atoms with Gasteiger partial charge in [0.05, 0.1) is 24.4 Å². The normalized spacial score (nSPS) is 18.3. The third-order valence-electron chi connectivity index (χ3n) is 4.23. The standard InChI is InChI=1S/C17H20ClN3O2/c1-12(21-10-14(18)9-19-21)17(22)20(2)11-16-15-6-4-3-5-13(15)7-8-23-16/h3-6,9-10,12,16H,7-8,11H2,1-2H3/t12-,16+/m1/s1. The van der Waals surface area contributed by atoms with Gasteiger partial charge in [-0.1, -0.05) is 35.9 Å². The molecule has 0 spiro atoms. The van der Waals surface area contributed by atoms with E-state index in [1.54, 1.807) is 22.8 Å². The molecule has 0 N–H and O–H groups in total. The number of carbonyl (C=O) groups excluding carboxylic acids is 1. The molecular formula is C17H20ClN3O2. The van der Waals surface area contributed by atoms with Gasteiger partial charge in [0, 0.05) is 13.2 Å². The van der Waals surface area contributed by atoms with Gasteiger partial charge in [-0.2, -0.15) is 5.10 Å². The Kier molecular flexibility index (Phi) is 4.68. The van der Waals surface area contributed by atoms with E-state index in [0.717, 1.165) is 6.42 Å². The first-order valence-electron chi connectivity index (χ1n) is 7.70. The Morgan fingerprint density at radius 2 is 2.30 bits per heavy atom. The van der Waals surface area contributed by atoms with Gasteiger partial charge in [-0.15, -0.1) is 0 Å². The van der Waals surface area contributed by atoms with Gasteiger partial charge >= 0.3 is 0 Å². The Balaban J connectivity index is 1.70. The molecule has 1 aromatic carbocycles. The molecule has 23 heavy (non-hydrogen) atoms. The molecule has 2 heterocycles. The highest BCUT2D eigenvalue weighted by molar-refractivity contribution is 6.30. The van der Waals surface area contributed by atoms with E-state index >= 15 is 0 Å². The summed E-state index contributed by atoms with van der Waals surface area (Å²) in [6.07, 6.45) is 4.03. The summed E-state index contributed by atoms with van der Waals surface area (Å²) < 4.78 is 7.46. The van der Waals surface area contributed by atoms with Crippen LogP contribution in [0.3, 0.4) is 0 Å². The number of carbonyl (C=O) groups is 1. The highest BCUT2D eigenvalue weighted by Crippen LogP contribution is 2.28. The predicted octanol–water partition coefficient (Wildman–Crippen LogP) is 2.87. The third kappa shape index (κ3) is 3.41. The number of rotatable bonds is 4. The fourth-order valence-electron chi connectivity index (χ4n) is 2.93. The van der Waals surface area contributed by atoms with Crippen LogP contribution in [0.5, 0.6) is 0 Å². The molecule has 2 atom stereocenters. The Morgan fingerprint density at radius 1 is 1.52 bits per heavy atom. The molecule has 0 aliphatic carbocycles. The molecule has 6 heteroatoms. The lowest BCUT2D eigenvalue weighted by atomic mass is 9.97. The van der Waals surface area contributed by atoms with Crippen molar-refractivity contribution in [1.29, 1.82) is 0 Å². The number of benzene rings is 1. The minimum Gasteiger partial charge on any atom is -0.371 e. The summed E-state index contributed by atoms with van der Waals surface area (Å²) in [7, 11) is 1.80. The van der Waals surface area contributed by atoms with Crippen molar-refractivity contribution in [3.63, 3.8) is 0 Å². The second-order valence-electron chi connectivity index (χ2n) is 5.84. The van der Waals surface area contributed by atoms with E-state index in [9.17, 15) is 4.79 Å². The molecule has 0 radical (unpaired) electrons. The second kappa shape index (κ2) is 6.72. The van der Waals surface area contributed by atoms with Crippen molar-refractivity contribution in [2.45, 2.75) is 25.5 Å². The van der Waals surface area contributed by atoms with Crippen LogP contribution in [0, 0.1) is 0 Å². The summed E-state index contributed by atoms with van der Waals surface area (Å²) in [6, 6.07) is 7.86. The van der Waals surface area contributed by atoms with Gasteiger partial charge in [-0.05, 0) is 24.5 Å². The summed E-state index contributed by atoms with van der Waals surface area (Å²) in [4.78, 5) is 14.3. The van der Waals surface area contributed by atoms with Crippen molar-refractivity contribution in [2.75, 3.05) is 20.2 Å². The van der Waals surface area contributed by atoms with Crippen molar-refractivity contribution in [3.8, 4) is 0 Å². The average molecular weight is 334 g/mol. The first kappa shape index (κ1) is 16.0. The molecule has 122 valence electrons. The van der Waals surface area contributed by atoms with Crippen molar-refractivity contribution in [1.82, 2.24) is 14.7 Å². The summed E-state index contributed by atoms with van der Waals surface area (Å²) in [5.74, 6) is -0.0172. The molecule has 0 bridgehead atoms. The van der Waals surface area contributed by atoms with Gasteiger partial charge in [0.2, 0.25) is 5.91 Å². The van der Waals surface area contributed by atoms with Crippen molar-refractivity contribution in [3.05, 3.63) is 52.8 Å². The molecule has 1 aromatic heterocycles. The monoisotopic (exact) mass is 333 g/mol. The molecule has 5 nitrogen and oxygen atoms in total. The van der Waals surface area contributed by atoms with E-state index in [-0.39, 0.29) is 12.0 Å². The molecule has 1 amide bonds. The molecule has 2 aromatic rings. The summed E-state index contributed by atoms with van der Waals surface area (Å²) in [5.41, 5.74) is 2.48.